The molecule has 3 heterocycles. The number of nitrogens with zero attached hydrogens (tertiary/aromatic N) is 3. The fourth-order valence-electron chi connectivity index (χ4n) is 4.57. The Kier molecular flexibility index (Phi) is 7.14. The average molecular weight is 527 g/mol. The highest BCUT2D eigenvalue weighted by atomic mass is 79.9. The van der Waals surface area contributed by atoms with E-state index in [9.17, 15) is 4.79 Å². The van der Waals surface area contributed by atoms with Gasteiger partial charge in [-0.2, -0.15) is 0 Å². The van der Waals surface area contributed by atoms with Gasteiger partial charge in [-0.1, -0.05) is 18.2 Å². The smallest absolute Gasteiger partial charge is 0.305 e. The molecule has 1 aromatic carbocycles. The van der Waals surface area contributed by atoms with Crippen molar-refractivity contribution >= 4 is 39.2 Å². The fourth-order valence-corrected chi connectivity index (χ4v) is 5.37. The number of carbonyl (C=O) groups is 1. The number of carbonyl (C=O) groups excluding carboxylic acids is 1. The zero-order chi connectivity index (χ0) is 23.5. The molecule has 2 atom stereocenters. The molecule has 0 bridgehead atoms. The number of hydrogen-bond donors (Lipinski definition) is 1. The van der Waals surface area contributed by atoms with Gasteiger partial charge < -0.3 is 19.5 Å². The molecule has 2 aromatic heterocycles. The molecule has 33 heavy (non-hydrogen) atoms. The number of nitrogens with one attached hydrogen (secondary N) is 1. The van der Waals surface area contributed by atoms with Crippen LogP contribution in [-0.4, -0.2) is 39.2 Å². The van der Waals surface area contributed by atoms with E-state index in [0.29, 0.717) is 24.5 Å². The van der Waals surface area contributed by atoms with Gasteiger partial charge in [0, 0.05) is 35.0 Å². The Balaban J connectivity index is 1.76. The predicted octanol–water partition coefficient (Wildman–Crippen LogP) is 5.18. The van der Waals surface area contributed by atoms with Crippen LogP contribution in [0.1, 0.15) is 47.6 Å². The first kappa shape index (κ1) is 23.4. The number of para-hydroxylation sites is 1. The molecule has 0 saturated carbocycles. The fraction of sp³-hybridized carbons (Fsp3) is 0.320. The summed E-state index contributed by atoms with van der Waals surface area (Å²) in [6.45, 7) is 4.91. The minimum Gasteiger partial charge on any atom is -0.469 e. The van der Waals surface area contributed by atoms with Gasteiger partial charge in [0.2, 0.25) is 0 Å². The number of aromatic nitrogens is 2. The molecule has 1 saturated heterocycles. The quantitative estimate of drug-likeness (QED) is 0.338. The van der Waals surface area contributed by atoms with E-state index >= 15 is 0 Å². The van der Waals surface area contributed by atoms with Gasteiger partial charge in [-0.3, -0.25) is 9.78 Å². The predicted molar refractivity (Wildman–Crippen MR) is 136 cm³/mol. The van der Waals surface area contributed by atoms with Crippen LogP contribution in [0.25, 0.3) is 5.69 Å². The second kappa shape index (κ2) is 10.1. The second-order valence-electron chi connectivity index (χ2n) is 8.11. The molecular weight excluding hydrogens is 500 g/mol. The summed E-state index contributed by atoms with van der Waals surface area (Å²) >= 11 is 9.46. The summed E-state index contributed by atoms with van der Waals surface area (Å²) in [4.78, 5) is 18.5. The van der Waals surface area contributed by atoms with Crippen LogP contribution in [0.15, 0.2) is 59.2 Å². The van der Waals surface area contributed by atoms with Crippen LogP contribution in [0.3, 0.4) is 0 Å². The molecule has 3 aromatic rings. The van der Waals surface area contributed by atoms with Crippen molar-refractivity contribution in [2.75, 3.05) is 13.7 Å². The van der Waals surface area contributed by atoms with Gasteiger partial charge in [0.25, 0.3) is 0 Å². The van der Waals surface area contributed by atoms with Crippen molar-refractivity contribution in [3.63, 3.8) is 0 Å². The van der Waals surface area contributed by atoms with Crippen LogP contribution in [0, 0.1) is 13.8 Å². The first-order chi connectivity index (χ1) is 15.9. The SMILES string of the molecule is COC(=O)CCCN1C(=S)NC(c2ccccn2)C1c1cc(C)n(-c2ccccc2Br)c1C. The topological polar surface area (TPSA) is 59.4 Å². The Bertz CT molecular complexity index is 1160. The molecule has 172 valence electrons. The maximum absolute atomic E-state index is 11.7. The van der Waals surface area contributed by atoms with Crippen LogP contribution < -0.4 is 5.32 Å². The van der Waals surface area contributed by atoms with Crippen molar-refractivity contribution in [1.82, 2.24) is 19.8 Å². The molecule has 2 unspecified atom stereocenters. The molecule has 1 N–H and O–H groups in total. The maximum Gasteiger partial charge on any atom is 0.305 e. The second-order valence-corrected chi connectivity index (χ2v) is 9.35. The third-order valence-electron chi connectivity index (χ3n) is 6.09. The minimum absolute atomic E-state index is 0.0486. The zero-order valence-electron chi connectivity index (χ0n) is 18.9. The van der Waals surface area contributed by atoms with Gasteiger partial charge in [0.05, 0.1) is 30.6 Å². The number of hydrogen-bond acceptors (Lipinski definition) is 4. The summed E-state index contributed by atoms with van der Waals surface area (Å²) in [5.74, 6) is -0.210. The standard InChI is InChI=1S/C25H27BrN4O2S/c1-16-15-18(17(2)30(16)21-11-5-4-9-19(21)26)24-23(20-10-6-7-13-27-20)28-25(33)29(24)14-8-12-22(31)32-3/h4-7,9-11,13,15,23-24H,8,12,14H2,1-3H3,(H,28,33). The Labute approximate surface area is 208 Å². The zero-order valence-corrected chi connectivity index (χ0v) is 21.3. The largest absolute Gasteiger partial charge is 0.469 e. The number of thiocarbonyl (C=S) groups is 1. The van der Waals surface area contributed by atoms with E-state index in [1.165, 1.54) is 12.7 Å². The molecule has 0 amide bonds. The number of pyridine rings is 1. The molecule has 0 spiro atoms. The van der Waals surface area contributed by atoms with Gasteiger partial charge in [0.15, 0.2) is 5.11 Å². The third kappa shape index (κ3) is 4.68. The normalized spacial score (nSPS) is 17.8. The van der Waals surface area contributed by atoms with Gasteiger partial charge in [0.1, 0.15) is 0 Å². The number of esters is 1. The van der Waals surface area contributed by atoms with Crippen LogP contribution in [0.5, 0.6) is 0 Å². The first-order valence-electron chi connectivity index (χ1n) is 10.9. The van der Waals surface area contributed by atoms with Gasteiger partial charge in [-0.05, 0) is 84.3 Å². The van der Waals surface area contributed by atoms with Gasteiger partial charge in [-0.15, -0.1) is 0 Å². The van der Waals surface area contributed by atoms with Crippen molar-refractivity contribution in [3.05, 3.63) is 81.8 Å². The molecule has 1 fully saturated rings. The molecule has 0 radical (unpaired) electrons. The molecule has 1 aliphatic heterocycles. The molecule has 8 heteroatoms. The number of halogens is 1. The highest BCUT2D eigenvalue weighted by Crippen LogP contribution is 2.42. The summed E-state index contributed by atoms with van der Waals surface area (Å²) in [6, 6.07) is 16.2. The van der Waals surface area contributed by atoms with E-state index < -0.39 is 0 Å². The van der Waals surface area contributed by atoms with E-state index in [1.807, 2.05) is 30.3 Å². The Morgan fingerprint density at radius 2 is 1.97 bits per heavy atom. The lowest BCUT2D eigenvalue weighted by Gasteiger charge is -2.28. The first-order valence-corrected chi connectivity index (χ1v) is 12.1. The van der Waals surface area contributed by atoms with Gasteiger partial charge >= 0.3 is 5.97 Å². The van der Waals surface area contributed by atoms with Gasteiger partial charge in [-0.25, -0.2) is 0 Å². The minimum atomic E-state index is -0.210. The van der Waals surface area contributed by atoms with Crippen LogP contribution >= 0.6 is 28.1 Å². The monoisotopic (exact) mass is 526 g/mol. The lowest BCUT2D eigenvalue weighted by molar-refractivity contribution is -0.140. The summed E-state index contributed by atoms with van der Waals surface area (Å²) in [5, 5.41) is 4.16. The molecule has 1 aliphatic rings. The van der Waals surface area contributed by atoms with E-state index in [4.69, 9.17) is 17.0 Å². The number of benzene rings is 1. The Morgan fingerprint density at radius 1 is 1.21 bits per heavy atom. The third-order valence-corrected chi connectivity index (χ3v) is 7.11. The van der Waals surface area contributed by atoms with Crippen molar-refractivity contribution in [2.45, 2.75) is 38.8 Å². The Morgan fingerprint density at radius 3 is 2.67 bits per heavy atom. The summed E-state index contributed by atoms with van der Waals surface area (Å²) < 4.78 is 8.12. The summed E-state index contributed by atoms with van der Waals surface area (Å²) in [7, 11) is 1.42. The number of ether oxygens (including phenoxy) is 1. The van der Waals surface area contributed by atoms with Crippen molar-refractivity contribution < 1.29 is 9.53 Å². The number of aryl methyl sites for hydroxylation is 1. The molecule has 4 rings (SSSR count). The summed E-state index contributed by atoms with van der Waals surface area (Å²) in [6.07, 6.45) is 2.82. The molecule has 6 nitrogen and oxygen atoms in total. The van der Waals surface area contributed by atoms with Crippen molar-refractivity contribution in [3.8, 4) is 5.69 Å². The van der Waals surface area contributed by atoms with Crippen molar-refractivity contribution in [2.24, 2.45) is 0 Å². The Hall–Kier alpha value is -2.71. The molecule has 0 aliphatic carbocycles. The van der Waals surface area contributed by atoms with E-state index in [1.54, 1.807) is 6.20 Å². The summed E-state index contributed by atoms with van der Waals surface area (Å²) in [5.41, 5.74) is 5.51. The number of rotatable bonds is 7. The van der Waals surface area contributed by atoms with Crippen LogP contribution in [0.2, 0.25) is 0 Å². The van der Waals surface area contributed by atoms with Crippen molar-refractivity contribution in [1.29, 1.82) is 0 Å². The lowest BCUT2D eigenvalue weighted by atomic mass is 9.96. The van der Waals surface area contributed by atoms with E-state index in [0.717, 1.165) is 27.2 Å². The van der Waals surface area contributed by atoms with Crippen LogP contribution in [-0.2, 0) is 9.53 Å². The highest BCUT2D eigenvalue weighted by Gasteiger charge is 2.41. The number of methoxy groups -OCH3 is 1. The average Bonchev–Trinajstić information content (AvgIpc) is 3.30. The van der Waals surface area contributed by atoms with Crippen LogP contribution in [0.4, 0.5) is 0 Å². The lowest BCUT2D eigenvalue weighted by Crippen LogP contribution is -2.31. The highest BCUT2D eigenvalue weighted by molar-refractivity contribution is 9.10. The molecular formula is C25H27BrN4O2S. The van der Waals surface area contributed by atoms with E-state index in [2.05, 4.69) is 67.7 Å². The van der Waals surface area contributed by atoms with E-state index in [-0.39, 0.29) is 18.1 Å². The maximum atomic E-state index is 11.7.